The molecule has 9 heteroatoms. The van der Waals surface area contributed by atoms with Gasteiger partial charge in [-0.3, -0.25) is 0 Å². The Hall–Kier alpha value is -4.62. The summed E-state index contributed by atoms with van der Waals surface area (Å²) in [5.74, 6) is 2.23. The molecule has 57 heavy (non-hydrogen) atoms. The van der Waals surface area contributed by atoms with Crippen molar-refractivity contribution in [3.63, 3.8) is 0 Å². The van der Waals surface area contributed by atoms with Crippen molar-refractivity contribution in [2.45, 2.75) is 76.5 Å². The molecule has 0 fully saturated rings. The zero-order valence-corrected chi connectivity index (χ0v) is 35.1. The van der Waals surface area contributed by atoms with Gasteiger partial charge in [0.25, 0.3) is 0 Å². The molecule has 0 aliphatic rings. The number of benzene rings is 3. The van der Waals surface area contributed by atoms with E-state index in [0.717, 1.165) is 69.9 Å². The van der Waals surface area contributed by atoms with Crippen LogP contribution in [0.3, 0.4) is 0 Å². The molecule has 0 spiro atoms. The van der Waals surface area contributed by atoms with Gasteiger partial charge in [-0.15, -0.1) is 0 Å². The summed E-state index contributed by atoms with van der Waals surface area (Å²) in [5, 5.41) is 1.32. The van der Waals surface area contributed by atoms with Crippen LogP contribution in [0.5, 0.6) is 17.2 Å². The molecule has 3 heterocycles. The first-order chi connectivity index (χ1) is 27.8. The lowest BCUT2D eigenvalue weighted by atomic mass is 9.54. The summed E-state index contributed by atoms with van der Waals surface area (Å²) in [6, 6.07) is 37.6. The van der Waals surface area contributed by atoms with E-state index in [4.69, 9.17) is 54.0 Å². The van der Waals surface area contributed by atoms with E-state index in [0.29, 0.717) is 54.5 Å². The van der Waals surface area contributed by atoms with E-state index in [2.05, 4.69) is 115 Å². The third-order valence-corrected chi connectivity index (χ3v) is 11.2. The molecule has 0 N–H and O–H groups in total. The van der Waals surface area contributed by atoms with Crippen molar-refractivity contribution in [3.05, 3.63) is 177 Å². The van der Waals surface area contributed by atoms with Crippen molar-refractivity contribution >= 4 is 34.8 Å². The van der Waals surface area contributed by atoms with Gasteiger partial charge in [-0.05, 0) is 139 Å². The van der Waals surface area contributed by atoms with E-state index >= 15 is 0 Å². The van der Waals surface area contributed by atoms with Crippen molar-refractivity contribution < 1.29 is 14.2 Å². The van der Waals surface area contributed by atoms with E-state index in [1.54, 1.807) is 0 Å². The van der Waals surface area contributed by atoms with Crippen LogP contribution in [-0.2, 0) is 24.7 Å². The van der Waals surface area contributed by atoms with Crippen molar-refractivity contribution in [2.75, 3.05) is 19.8 Å². The van der Waals surface area contributed by atoms with Gasteiger partial charge < -0.3 is 14.2 Å². The standard InChI is InChI=1S/C48H50Cl3N3O3/c1-4-7-27-57-41-17-8-34(9-18-41)30-48(39-16-25-47(51)54-33-39,43(28-35-10-23-45(49)52-31-35)37-12-19-40(20-13-37)55-6-3)44(29-36-11-24-46(50)53-32-36)38-14-21-42(22-15-38)56-26-5-2/h8-25,31-33,43-44H,4-7,26-30H2,1-3H3. The van der Waals surface area contributed by atoms with E-state index in [9.17, 15) is 0 Å². The number of hydrogen-bond acceptors (Lipinski definition) is 6. The van der Waals surface area contributed by atoms with Crippen LogP contribution in [0.4, 0.5) is 0 Å². The Morgan fingerprint density at radius 2 is 0.947 bits per heavy atom. The zero-order chi connectivity index (χ0) is 40.0. The Bertz CT molecular complexity index is 2100. The monoisotopic (exact) mass is 821 g/mol. The molecule has 0 bridgehead atoms. The Labute approximate surface area is 352 Å². The Balaban J connectivity index is 1.65. The lowest BCUT2D eigenvalue weighted by molar-refractivity contribution is 0.266. The van der Waals surface area contributed by atoms with Crippen LogP contribution in [-0.4, -0.2) is 34.8 Å². The third-order valence-electron chi connectivity index (χ3n) is 10.5. The molecule has 0 aliphatic heterocycles. The number of aromatic nitrogens is 3. The lowest BCUT2D eigenvalue weighted by Gasteiger charge is -2.48. The smallest absolute Gasteiger partial charge is 0.129 e. The van der Waals surface area contributed by atoms with Crippen LogP contribution < -0.4 is 14.2 Å². The summed E-state index contributed by atoms with van der Waals surface area (Å²) in [6.45, 7) is 8.18. The SMILES string of the molecule is CCCCOc1ccc(CC(c2ccc(Cl)nc2)(C(Cc2ccc(Cl)nc2)c2ccc(OCC)cc2)C(Cc2ccc(Cl)nc2)c2ccc(OCCC)cc2)cc1. The summed E-state index contributed by atoms with van der Waals surface area (Å²) < 4.78 is 18.2. The molecule has 3 aromatic heterocycles. The highest BCUT2D eigenvalue weighted by atomic mass is 35.5. The van der Waals surface area contributed by atoms with Crippen molar-refractivity contribution in [3.8, 4) is 17.2 Å². The Kier molecular flexibility index (Phi) is 15.2. The molecular weight excluding hydrogens is 773 g/mol. The lowest BCUT2D eigenvalue weighted by Crippen LogP contribution is -2.44. The first-order valence-electron chi connectivity index (χ1n) is 19.8. The molecule has 3 aromatic carbocycles. The van der Waals surface area contributed by atoms with Crippen LogP contribution in [0.15, 0.2) is 128 Å². The quantitative estimate of drug-likeness (QED) is 0.0564. The van der Waals surface area contributed by atoms with Crippen LogP contribution in [0.1, 0.15) is 85.3 Å². The number of nitrogens with zero attached hydrogens (tertiary/aromatic N) is 3. The number of hydrogen-bond donors (Lipinski definition) is 0. The average Bonchev–Trinajstić information content (AvgIpc) is 3.23. The minimum atomic E-state index is -0.666. The van der Waals surface area contributed by atoms with Crippen molar-refractivity contribution in [2.24, 2.45) is 0 Å². The summed E-state index contributed by atoms with van der Waals surface area (Å²) >= 11 is 19.3. The second-order valence-corrected chi connectivity index (χ2v) is 15.5. The second kappa shape index (κ2) is 20.7. The fourth-order valence-electron chi connectivity index (χ4n) is 7.72. The van der Waals surface area contributed by atoms with Gasteiger partial charge in [0.1, 0.15) is 32.7 Å². The minimum absolute atomic E-state index is 0.138. The maximum absolute atomic E-state index is 6.59. The van der Waals surface area contributed by atoms with E-state index in [1.807, 2.05) is 43.7 Å². The first-order valence-corrected chi connectivity index (χ1v) is 20.9. The van der Waals surface area contributed by atoms with Gasteiger partial charge in [0.15, 0.2) is 0 Å². The maximum atomic E-state index is 6.59. The fourth-order valence-corrected chi connectivity index (χ4v) is 8.06. The Morgan fingerprint density at radius 3 is 1.39 bits per heavy atom. The summed E-state index contributed by atoms with van der Waals surface area (Å²) in [7, 11) is 0. The topological polar surface area (TPSA) is 66.4 Å². The van der Waals surface area contributed by atoms with Crippen molar-refractivity contribution in [1.29, 1.82) is 0 Å². The molecule has 0 radical (unpaired) electrons. The molecule has 6 nitrogen and oxygen atoms in total. The molecule has 0 amide bonds. The molecule has 0 saturated heterocycles. The summed E-state index contributed by atoms with van der Waals surface area (Å²) in [6.07, 6.45) is 10.7. The van der Waals surface area contributed by atoms with Gasteiger partial charge in [-0.2, -0.15) is 0 Å². The van der Waals surface area contributed by atoms with Crippen LogP contribution >= 0.6 is 34.8 Å². The highest BCUT2D eigenvalue weighted by Crippen LogP contribution is 2.54. The van der Waals surface area contributed by atoms with E-state index < -0.39 is 5.41 Å². The predicted molar refractivity (Wildman–Crippen MR) is 233 cm³/mol. The number of ether oxygens (including phenoxy) is 3. The van der Waals surface area contributed by atoms with Gasteiger partial charge >= 0.3 is 0 Å². The highest BCUT2D eigenvalue weighted by Gasteiger charge is 2.48. The molecule has 0 saturated carbocycles. The van der Waals surface area contributed by atoms with Crippen LogP contribution in [0.25, 0.3) is 0 Å². The van der Waals surface area contributed by atoms with Crippen LogP contribution in [0.2, 0.25) is 15.5 Å². The predicted octanol–water partition coefficient (Wildman–Crippen LogP) is 12.7. The number of rotatable bonds is 20. The molecule has 0 aliphatic carbocycles. The summed E-state index contributed by atoms with van der Waals surface area (Å²) in [4.78, 5) is 13.8. The average molecular weight is 823 g/mol. The molecule has 3 unspecified atom stereocenters. The minimum Gasteiger partial charge on any atom is -0.494 e. The molecular formula is C48H50Cl3N3O3. The van der Waals surface area contributed by atoms with Gasteiger partial charge in [0.2, 0.25) is 0 Å². The number of halogens is 3. The van der Waals surface area contributed by atoms with E-state index in [-0.39, 0.29) is 11.8 Å². The van der Waals surface area contributed by atoms with Gasteiger partial charge in [0, 0.05) is 24.0 Å². The molecule has 296 valence electrons. The van der Waals surface area contributed by atoms with E-state index in [1.165, 1.54) is 0 Å². The van der Waals surface area contributed by atoms with Gasteiger partial charge in [0.05, 0.1) is 19.8 Å². The second-order valence-electron chi connectivity index (χ2n) is 14.3. The third kappa shape index (κ3) is 11.1. The number of pyridine rings is 3. The van der Waals surface area contributed by atoms with Crippen LogP contribution in [0, 0.1) is 0 Å². The largest absolute Gasteiger partial charge is 0.494 e. The van der Waals surface area contributed by atoms with Gasteiger partial charge in [-0.1, -0.05) is 110 Å². The summed E-state index contributed by atoms with van der Waals surface area (Å²) in [5.41, 5.74) is 5.94. The fraction of sp³-hybridized carbons (Fsp3) is 0.312. The zero-order valence-electron chi connectivity index (χ0n) is 32.8. The molecule has 3 atom stereocenters. The Morgan fingerprint density at radius 1 is 0.491 bits per heavy atom. The first kappa shape index (κ1) is 42.0. The molecule has 6 aromatic rings. The normalized spacial score (nSPS) is 13.4. The van der Waals surface area contributed by atoms with Gasteiger partial charge in [-0.25, -0.2) is 15.0 Å². The number of unbranched alkanes of at least 4 members (excludes halogenated alkanes) is 1. The van der Waals surface area contributed by atoms with Crippen molar-refractivity contribution in [1.82, 2.24) is 15.0 Å². The maximum Gasteiger partial charge on any atom is 0.129 e. The molecule has 6 rings (SSSR count). The highest BCUT2D eigenvalue weighted by molar-refractivity contribution is 6.29.